The Hall–Kier alpha value is -1.32. The Morgan fingerprint density at radius 1 is 1.39 bits per heavy atom. The van der Waals surface area contributed by atoms with E-state index in [-0.39, 0.29) is 11.5 Å². The van der Waals surface area contributed by atoms with Crippen LogP contribution in [0.5, 0.6) is 0 Å². The molecule has 2 aromatic rings. The molecule has 0 radical (unpaired) electrons. The fourth-order valence-corrected chi connectivity index (χ4v) is 3.06. The van der Waals surface area contributed by atoms with Crippen molar-refractivity contribution in [2.24, 2.45) is 18.2 Å². The van der Waals surface area contributed by atoms with Gasteiger partial charge < -0.3 is 15.6 Å². The van der Waals surface area contributed by atoms with Crippen LogP contribution in [-0.2, 0) is 7.05 Å². The molecule has 1 saturated carbocycles. The van der Waals surface area contributed by atoms with E-state index in [0.717, 1.165) is 6.54 Å². The molecule has 3 rings (SSSR count). The maximum atomic E-state index is 6.55. The number of rotatable bonds is 4. The zero-order chi connectivity index (χ0) is 12.8. The molecule has 1 unspecified atom stereocenters. The highest BCUT2D eigenvalue weighted by Gasteiger charge is 2.48. The molecule has 3 heteroatoms. The van der Waals surface area contributed by atoms with E-state index < -0.39 is 0 Å². The predicted molar refractivity (Wildman–Crippen MR) is 75.4 cm³/mol. The largest absolute Gasteiger partial charge is 0.350 e. The first-order valence-corrected chi connectivity index (χ1v) is 6.62. The first-order chi connectivity index (χ1) is 8.68. The van der Waals surface area contributed by atoms with Gasteiger partial charge in [0.05, 0.1) is 0 Å². The van der Waals surface area contributed by atoms with Gasteiger partial charge in [-0.1, -0.05) is 18.2 Å². The molecule has 18 heavy (non-hydrogen) atoms. The lowest BCUT2D eigenvalue weighted by Gasteiger charge is -2.22. The molecule has 1 aromatic heterocycles. The molecule has 0 saturated heterocycles. The summed E-state index contributed by atoms with van der Waals surface area (Å²) < 4.78 is 2.18. The van der Waals surface area contributed by atoms with Crippen LogP contribution in [0.15, 0.2) is 30.5 Å². The van der Waals surface area contributed by atoms with Crippen LogP contribution in [0.1, 0.15) is 24.4 Å². The third kappa shape index (κ3) is 1.66. The van der Waals surface area contributed by atoms with Crippen LogP contribution < -0.4 is 11.1 Å². The number of para-hydroxylation sites is 1. The van der Waals surface area contributed by atoms with Crippen LogP contribution >= 0.6 is 0 Å². The number of aromatic nitrogens is 1. The second-order valence-corrected chi connectivity index (χ2v) is 5.58. The summed E-state index contributed by atoms with van der Waals surface area (Å²) in [5, 5.41) is 4.59. The molecule has 1 fully saturated rings. The monoisotopic (exact) mass is 243 g/mol. The van der Waals surface area contributed by atoms with Gasteiger partial charge in [0.2, 0.25) is 0 Å². The summed E-state index contributed by atoms with van der Waals surface area (Å²) in [6.07, 6.45) is 4.67. The van der Waals surface area contributed by atoms with Crippen molar-refractivity contribution in [2.45, 2.75) is 18.9 Å². The number of aryl methyl sites for hydroxylation is 1. The van der Waals surface area contributed by atoms with E-state index in [1.807, 2.05) is 7.05 Å². The first-order valence-electron chi connectivity index (χ1n) is 6.62. The van der Waals surface area contributed by atoms with Crippen LogP contribution in [0.25, 0.3) is 10.9 Å². The minimum absolute atomic E-state index is 0.135. The third-order valence-corrected chi connectivity index (χ3v) is 4.34. The Morgan fingerprint density at radius 3 is 2.78 bits per heavy atom. The summed E-state index contributed by atoms with van der Waals surface area (Å²) in [6.45, 7) is 1.01. The Balaban J connectivity index is 2.04. The normalized spacial score (nSPS) is 19.1. The van der Waals surface area contributed by atoms with Crippen molar-refractivity contribution in [3.8, 4) is 0 Å². The van der Waals surface area contributed by atoms with E-state index in [9.17, 15) is 0 Å². The lowest BCUT2D eigenvalue weighted by atomic mass is 9.90. The van der Waals surface area contributed by atoms with Crippen molar-refractivity contribution in [1.82, 2.24) is 9.88 Å². The highest BCUT2D eigenvalue weighted by molar-refractivity contribution is 5.84. The van der Waals surface area contributed by atoms with E-state index in [1.165, 1.54) is 29.3 Å². The number of hydrogen-bond donors (Lipinski definition) is 2. The Labute approximate surface area is 108 Å². The average molecular weight is 243 g/mol. The van der Waals surface area contributed by atoms with Gasteiger partial charge in [-0.25, -0.2) is 0 Å². The Bertz CT molecular complexity index is 566. The molecule has 0 amide bonds. The van der Waals surface area contributed by atoms with Crippen LogP contribution in [0.2, 0.25) is 0 Å². The fourth-order valence-electron chi connectivity index (χ4n) is 3.06. The Morgan fingerprint density at radius 2 is 2.11 bits per heavy atom. The summed E-state index contributed by atoms with van der Waals surface area (Å²) in [6, 6.07) is 8.65. The zero-order valence-electron chi connectivity index (χ0n) is 11.1. The smallest absolute Gasteiger partial charge is 0.0481 e. The van der Waals surface area contributed by atoms with Gasteiger partial charge in [0, 0.05) is 42.1 Å². The third-order valence-electron chi connectivity index (χ3n) is 4.34. The summed E-state index contributed by atoms with van der Waals surface area (Å²) in [5.41, 5.74) is 9.38. The average Bonchev–Trinajstić information content (AvgIpc) is 3.09. The first kappa shape index (κ1) is 11.8. The van der Waals surface area contributed by atoms with Gasteiger partial charge in [-0.2, -0.15) is 0 Å². The lowest BCUT2D eigenvalue weighted by Crippen LogP contribution is -2.31. The van der Waals surface area contributed by atoms with E-state index in [2.05, 4.69) is 47.4 Å². The van der Waals surface area contributed by atoms with E-state index in [4.69, 9.17) is 5.73 Å². The van der Waals surface area contributed by atoms with E-state index in [1.54, 1.807) is 0 Å². The van der Waals surface area contributed by atoms with Crippen molar-refractivity contribution >= 4 is 10.9 Å². The molecule has 3 N–H and O–H groups in total. The number of benzene rings is 1. The van der Waals surface area contributed by atoms with Crippen LogP contribution in [0.4, 0.5) is 0 Å². The highest BCUT2D eigenvalue weighted by Crippen LogP contribution is 2.54. The molecule has 0 aliphatic heterocycles. The lowest BCUT2D eigenvalue weighted by molar-refractivity contribution is 0.394. The highest BCUT2D eigenvalue weighted by atomic mass is 14.9. The van der Waals surface area contributed by atoms with Crippen LogP contribution in [0.3, 0.4) is 0 Å². The molecule has 1 aliphatic carbocycles. The molecular formula is C15H21N3. The van der Waals surface area contributed by atoms with E-state index in [0.29, 0.717) is 0 Å². The minimum atomic E-state index is 0.135. The standard InChI is InChI=1S/C15H21N3/c1-17-10-15(7-8-15)14(16)12-9-18(2)13-6-4-3-5-11(12)13/h3-6,9,14,17H,7-8,10,16H2,1-2H3. The molecule has 0 spiro atoms. The van der Waals surface area contributed by atoms with Gasteiger partial charge in [0.1, 0.15) is 0 Å². The summed E-state index contributed by atoms with van der Waals surface area (Å²) in [7, 11) is 4.10. The second kappa shape index (κ2) is 4.11. The number of nitrogens with one attached hydrogen (secondary N) is 1. The number of hydrogen-bond acceptors (Lipinski definition) is 2. The predicted octanol–water partition coefficient (Wildman–Crippen LogP) is 2.18. The molecule has 1 aliphatic rings. The summed E-state index contributed by atoms with van der Waals surface area (Å²) >= 11 is 0. The molecule has 1 aromatic carbocycles. The topological polar surface area (TPSA) is 43.0 Å². The number of nitrogens with two attached hydrogens (primary N) is 1. The van der Waals surface area contributed by atoms with E-state index >= 15 is 0 Å². The van der Waals surface area contributed by atoms with Gasteiger partial charge in [-0.3, -0.25) is 0 Å². The maximum Gasteiger partial charge on any atom is 0.0481 e. The minimum Gasteiger partial charge on any atom is -0.350 e. The summed E-state index contributed by atoms with van der Waals surface area (Å²) in [5.74, 6) is 0. The van der Waals surface area contributed by atoms with Crippen molar-refractivity contribution in [2.75, 3.05) is 13.6 Å². The molecule has 3 nitrogen and oxygen atoms in total. The molecule has 96 valence electrons. The molecule has 1 atom stereocenters. The van der Waals surface area contributed by atoms with Crippen molar-refractivity contribution < 1.29 is 0 Å². The Kier molecular flexibility index (Phi) is 2.68. The SMILES string of the molecule is CNCC1(C(N)c2cn(C)c3ccccc23)CC1. The molecule has 0 bridgehead atoms. The van der Waals surface area contributed by atoms with Crippen molar-refractivity contribution in [1.29, 1.82) is 0 Å². The number of fused-ring (bicyclic) bond motifs is 1. The van der Waals surface area contributed by atoms with Gasteiger partial charge in [0.25, 0.3) is 0 Å². The van der Waals surface area contributed by atoms with Crippen LogP contribution in [0, 0.1) is 5.41 Å². The zero-order valence-corrected chi connectivity index (χ0v) is 11.1. The van der Waals surface area contributed by atoms with Crippen molar-refractivity contribution in [3.05, 3.63) is 36.0 Å². The maximum absolute atomic E-state index is 6.55. The second-order valence-electron chi connectivity index (χ2n) is 5.58. The van der Waals surface area contributed by atoms with Gasteiger partial charge >= 0.3 is 0 Å². The van der Waals surface area contributed by atoms with Gasteiger partial charge in [-0.05, 0) is 31.5 Å². The van der Waals surface area contributed by atoms with Crippen LogP contribution in [-0.4, -0.2) is 18.2 Å². The van der Waals surface area contributed by atoms with Gasteiger partial charge in [0.15, 0.2) is 0 Å². The summed E-state index contributed by atoms with van der Waals surface area (Å²) in [4.78, 5) is 0. The van der Waals surface area contributed by atoms with Gasteiger partial charge in [-0.15, -0.1) is 0 Å². The quantitative estimate of drug-likeness (QED) is 0.864. The molecule has 1 heterocycles. The molecular weight excluding hydrogens is 222 g/mol. The fraction of sp³-hybridized carbons (Fsp3) is 0.467. The number of nitrogens with zero attached hydrogens (tertiary/aromatic N) is 1. The van der Waals surface area contributed by atoms with Crippen molar-refractivity contribution in [3.63, 3.8) is 0 Å².